The number of aryl methyl sites for hydroxylation is 1. The van der Waals surface area contributed by atoms with E-state index in [0.29, 0.717) is 12.0 Å². The van der Waals surface area contributed by atoms with E-state index in [4.69, 9.17) is 0 Å². The van der Waals surface area contributed by atoms with E-state index < -0.39 is 11.6 Å². The summed E-state index contributed by atoms with van der Waals surface area (Å²) in [6.45, 7) is 0. The van der Waals surface area contributed by atoms with Crippen molar-refractivity contribution in [2.75, 3.05) is 7.05 Å². The fourth-order valence-electron chi connectivity index (χ4n) is 1.96. The zero-order valence-electron chi connectivity index (χ0n) is 10.3. The summed E-state index contributed by atoms with van der Waals surface area (Å²) in [6, 6.07) is 3.23. The number of rotatable bonds is 4. The highest BCUT2D eigenvalue weighted by Crippen LogP contribution is 2.21. The van der Waals surface area contributed by atoms with Gasteiger partial charge < -0.3 is 5.32 Å². The number of halogens is 2. The SMILES string of the molecule is CNC(Cc1cnn(C)c1)c1cc(F)ccc1F. The van der Waals surface area contributed by atoms with Crippen LogP contribution in [-0.4, -0.2) is 16.8 Å². The lowest BCUT2D eigenvalue weighted by molar-refractivity contribution is 0.523. The van der Waals surface area contributed by atoms with E-state index in [2.05, 4.69) is 10.4 Å². The number of hydrogen-bond donors (Lipinski definition) is 1. The van der Waals surface area contributed by atoms with Crippen LogP contribution in [0.2, 0.25) is 0 Å². The van der Waals surface area contributed by atoms with Crippen LogP contribution in [-0.2, 0) is 13.5 Å². The molecule has 2 rings (SSSR count). The summed E-state index contributed by atoms with van der Waals surface area (Å²) < 4.78 is 28.5. The Bertz CT molecular complexity index is 537. The van der Waals surface area contributed by atoms with Crippen LogP contribution >= 0.6 is 0 Å². The minimum absolute atomic E-state index is 0.273. The highest BCUT2D eigenvalue weighted by molar-refractivity contribution is 5.24. The molecule has 0 aliphatic heterocycles. The Morgan fingerprint density at radius 1 is 1.39 bits per heavy atom. The van der Waals surface area contributed by atoms with Crippen LogP contribution < -0.4 is 5.32 Å². The molecule has 0 aliphatic rings. The monoisotopic (exact) mass is 251 g/mol. The molecule has 1 aromatic carbocycles. The van der Waals surface area contributed by atoms with Crippen LogP contribution in [0, 0.1) is 11.6 Å². The molecule has 1 aromatic heterocycles. The van der Waals surface area contributed by atoms with Gasteiger partial charge in [0.15, 0.2) is 0 Å². The molecule has 3 nitrogen and oxygen atoms in total. The zero-order chi connectivity index (χ0) is 13.1. The van der Waals surface area contributed by atoms with E-state index in [9.17, 15) is 8.78 Å². The van der Waals surface area contributed by atoms with Crippen molar-refractivity contribution < 1.29 is 8.78 Å². The third-order valence-electron chi connectivity index (χ3n) is 2.88. The van der Waals surface area contributed by atoms with E-state index in [0.717, 1.165) is 17.7 Å². The van der Waals surface area contributed by atoms with Gasteiger partial charge in [-0.15, -0.1) is 0 Å². The molecule has 0 bridgehead atoms. The summed E-state index contributed by atoms with van der Waals surface area (Å²) in [7, 11) is 3.55. The molecule has 0 fully saturated rings. The summed E-state index contributed by atoms with van der Waals surface area (Å²) in [5, 5.41) is 7.06. The predicted molar refractivity (Wildman–Crippen MR) is 65.1 cm³/mol. The van der Waals surface area contributed by atoms with Gasteiger partial charge in [-0.05, 0) is 37.2 Å². The van der Waals surface area contributed by atoms with Crippen molar-refractivity contribution in [3.8, 4) is 0 Å². The Hall–Kier alpha value is -1.75. The molecule has 1 N–H and O–H groups in total. The summed E-state index contributed by atoms with van der Waals surface area (Å²) in [5.41, 5.74) is 1.31. The van der Waals surface area contributed by atoms with Gasteiger partial charge in [0.25, 0.3) is 0 Å². The molecular weight excluding hydrogens is 236 g/mol. The second-order valence-corrected chi connectivity index (χ2v) is 4.23. The quantitative estimate of drug-likeness (QED) is 0.902. The Morgan fingerprint density at radius 3 is 2.78 bits per heavy atom. The first-order valence-electron chi connectivity index (χ1n) is 5.70. The average molecular weight is 251 g/mol. The summed E-state index contributed by atoms with van der Waals surface area (Å²) in [4.78, 5) is 0. The standard InChI is InChI=1S/C13H15F2N3/c1-16-13(5-9-7-17-18(2)8-9)11-6-10(14)3-4-12(11)15/h3-4,6-8,13,16H,5H2,1-2H3. The highest BCUT2D eigenvalue weighted by Gasteiger charge is 2.16. The van der Waals surface area contributed by atoms with Gasteiger partial charge in [-0.25, -0.2) is 8.78 Å². The molecule has 0 spiro atoms. The lowest BCUT2D eigenvalue weighted by Crippen LogP contribution is -2.20. The number of likely N-dealkylation sites (N-methyl/N-ethyl adjacent to an activating group) is 1. The van der Waals surface area contributed by atoms with Crippen molar-refractivity contribution in [2.24, 2.45) is 7.05 Å². The van der Waals surface area contributed by atoms with E-state index in [1.807, 2.05) is 13.2 Å². The Morgan fingerprint density at radius 2 is 2.17 bits per heavy atom. The van der Waals surface area contributed by atoms with Gasteiger partial charge in [0.2, 0.25) is 0 Å². The van der Waals surface area contributed by atoms with Crippen molar-refractivity contribution in [3.05, 3.63) is 53.4 Å². The Balaban J connectivity index is 2.25. The van der Waals surface area contributed by atoms with Gasteiger partial charge in [-0.1, -0.05) is 0 Å². The van der Waals surface area contributed by atoms with Crippen LogP contribution in [0.5, 0.6) is 0 Å². The minimum atomic E-state index is -0.433. The molecule has 0 saturated carbocycles. The third kappa shape index (κ3) is 2.73. The van der Waals surface area contributed by atoms with Crippen molar-refractivity contribution in [2.45, 2.75) is 12.5 Å². The first-order chi connectivity index (χ1) is 8.60. The van der Waals surface area contributed by atoms with Crippen molar-refractivity contribution >= 4 is 0 Å². The van der Waals surface area contributed by atoms with Gasteiger partial charge in [0.05, 0.1) is 6.20 Å². The average Bonchev–Trinajstić information content (AvgIpc) is 2.75. The number of hydrogen-bond acceptors (Lipinski definition) is 2. The summed E-state index contributed by atoms with van der Waals surface area (Å²) in [6.07, 6.45) is 4.15. The maximum atomic E-state index is 13.7. The Kier molecular flexibility index (Phi) is 3.72. The number of aromatic nitrogens is 2. The number of nitrogens with zero attached hydrogens (tertiary/aromatic N) is 2. The van der Waals surface area contributed by atoms with Crippen LogP contribution in [0.1, 0.15) is 17.2 Å². The molecule has 0 amide bonds. The largest absolute Gasteiger partial charge is 0.313 e. The van der Waals surface area contributed by atoms with Crippen molar-refractivity contribution in [1.29, 1.82) is 0 Å². The first-order valence-corrected chi connectivity index (χ1v) is 5.70. The zero-order valence-corrected chi connectivity index (χ0v) is 10.3. The van der Waals surface area contributed by atoms with Gasteiger partial charge in [0, 0.05) is 24.8 Å². The summed E-state index contributed by atoms with van der Waals surface area (Å²) in [5.74, 6) is -0.836. The van der Waals surface area contributed by atoms with Gasteiger partial charge in [-0.3, -0.25) is 4.68 Å². The number of nitrogens with one attached hydrogen (secondary N) is 1. The second-order valence-electron chi connectivity index (χ2n) is 4.23. The molecular formula is C13H15F2N3. The van der Waals surface area contributed by atoms with Crippen LogP contribution in [0.15, 0.2) is 30.6 Å². The molecule has 1 heterocycles. The smallest absolute Gasteiger partial charge is 0.128 e. The molecule has 1 atom stereocenters. The Labute approximate surface area is 104 Å². The third-order valence-corrected chi connectivity index (χ3v) is 2.88. The van der Waals surface area contributed by atoms with Gasteiger partial charge in [-0.2, -0.15) is 5.10 Å². The minimum Gasteiger partial charge on any atom is -0.313 e. The highest BCUT2D eigenvalue weighted by atomic mass is 19.1. The fraction of sp³-hybridized carbons (Fsp3) is 0.308. The molecule has 96 valence electrons. The molecule has 0 saturated heterocycles. The molecule has 2 aromatic rings. The molecule has 18 heavy (non-hydrogen) atoms. The molecule has 1 unspecified atom stereocenters. The fourth-order valence-corrected chi connectivity index (χ4v) is 1.96. The molecule has 0 aliphatic carbocycles. The van der Waals surface area contributed by atoms with Crippen molar-refractivity contribution in [1.82, 2.24) is 15.1 Å². The van der Waals surface area contributed by atoms with Gasteiger partial charge in [0.1, 0.15) is 11.6 Å². The van der Waals surface area contributed by atoms with Crippen LogP contribution in [0.4, 0.5) is 8.78 Å². The van der Waals surface area contributed by atoms with Crippen LogP contribution in [0.25, 0.3) is 0 Å². The van der Waals surface area contributed by atoms with E-state index in [-0.39, 0.29) is 6.04 Å². The normalized spacial score (nSPS) is 12.7. The van der Waals surface area contributed by atoms with E-state index >= 15 is 0 Å². The molecule has 0 radical (unpaired) electrons. The lowest BCUT2D eigenvalue weighted by Gasteiger charge is -2.16. The maximum Gasteiger partial charge on any atom is 0.128 e. The van der Waals surface area contributed by atoms with E-state index in [1.165, 1.54) is 6.07 Å². The second kappa shape index (κ2) is 5.27. The summed E-state index contributed by atoms with van der Waals surface area (Å²) >= 11 is 0. The van der Waals surface area contributed by atoms with Crippen molar-refractivity contribution in [3.63, 3.8) is 0 Å². The first kappa shape index (κ1) is 12.7. The van der Waals surface area contributed by atoms with E-state index in [1.54, 1.807) is 17.9 Å². The van der Waals surface area contributed by atoms with Crippen LogP contribution in [0.3, 0.4) is 0 Å². The maximum absolute atomic E-state index is 13.7. The lowest BCUT2D eigenvalue weighted by atomic mass is 10.0. The number of benzene rings is 1. The molecule has 5 heteroatoms. The predicted octanol–water partition coefficient (Wildman–Crippen LogP) is 2.20. The topological polar surface area (TPSA) is 29.9 Å². The van der Waals surface area contributed by atoms with Gasteiger partial charge >= 0.3 is 0 Å².